The van der Waals surface area contributed by atoms with Crippen LogP contribution in [0.4, 0.5) is 0 Å². The van der Waals surface area contributed by atoms with Gasteiger partial charge in [-0.3, -0.25) is 4.79 Å². The van der Waals surface area contributed by atoms with Crippen LogP contribution in [0, 0.1) is 6.92 Å². The van der Waals surface area contributed by atoms with Crippen molar-refractivity contribution in [1.29, 1.82) is 0 Å². The minimum absolute atomic E-state index is 0.0285. The monoisotopic (exact) mass is 196 g/mol. The molecular formula is C10H16N2O2. The lowest BCUT2D eigenvalue weighted by Gasteiger charge is -2.18. The van der Waals surface area contributed by atoms with E-state index in [1.165, 1.54) is 6.26 Å². The number of likely N-dealkylation sites (N-methyl/N-ethyl adjacent to an activating group) is 1. The highest BCUT2D eigenvalue weighted by atomic mass is 16.3. The molecule has 0 fully saturated rings. The van der Waals surface area contributed by atoms with Gasteiger partial charge >= 0.3 is 0 Å². The van der Waals surface area contributed by atoms with Crippen LogP contribution in [0.15, 0.2) is 16.7 Å². The molecule has 1 unspecified atom stereocenters. The third kappa shape index (κ3) is 2.35. The summed E-state index contributed by atoms with van der Waals surface area (Å²) in [7, 11) is 1.72. The van der Waals surface area contributed by atoms with Gasteiger partial charge in [-0.25, -0.2) is 0 Å². The molecule has 0 aliphatic rings. The summed E-state index contributed by atoms with van der Waals surface area (Å²) < 4.78 is 5.10. The number of amides is 1. The van der Waals surface area contributed by atoms with E-state index >= 15 is 0 Å². The summed E-state index contributed by atoms with van der Waals surface area (Å²) in [6.07, 6.45) is 1.52. The van der Waals surface area contributed by atoms with Crippen molar-refractivity contribution < 1.29 is 9.21 Å². The molecule has 78 valence electrons. The Balaban J connectivity index is 2.71. The van der Waals surface area contributed by atoms with Gasteiger partial charge in [0, 0.05) is 25.2 Å². The molecule has 0 aliphatic carbocycles. The Morgan fingerprint density at radius 2 is 2.36 bits per heavy atom. The second kappa shape index (κ2) is 4.28. The topological polar surface area (TPSA) is 59.5 Å². The Morgan fingerprint density at radius 3 is 2.79 bits per heavy atom. The van der Waals surface area contributed by atoms with E-state index in [0.29, 0.717) is 12.3 Å². The van der Waals surface area contributed by atoms with Crippen molar-refractivity contribution in [3.8, 4) is 0 Å². The summed E-state index contributed by atoms with van der Waals surface area (Å²) in [5.41, 5.74) is 6.45. The van der Waals surface area contributed by atoms with Crippen molar-refractivity contribution in [1.82, 2.24) is 4.90 Å². The minimum Gasteiger partial charge on any atom is -0.459 e. The molecule has 0 spiro atoms. The van der Waals surface area contributed by atoms with E-state index < -0.39 is 0 Å². The molecule has 1 atom stereocenters. The normalized spacial score (nSPS) is 12.6. The first kappa shape index (κ1) is 10.8. The summed E-state index contributed by atoms with van der Waals surface area (Å²) in [4.78, 5) is 13.3. The van der Waals surface area contributed by atoms with Crippen LogP contribution in [0.3, 0.4) is 0 Å². The number of nitrogens with two attached hydrogens (primary N) is 1. The van der Waals surface area contributed by atoms with Crippen molar-refractivity contribution in [3.05, 3.63) is 23.7 Å². The van der Waals surface area contributed by atoms with Crippen LogP contribution in [0.5, 0.6) is 0 Å². The molecule has 0 aromatic carbocycles. The van der Waals surface area contributed by atoms with Crippen molar-refractivity contribution in [2.24, 2.45) is 5.73 Å². The number of carbonyl (C=O) groups is 1. The van der Waals surface area contributed by atoms with Gasteiger partial charge in [-0.05, 0) is 19.9 Å². The minimum atomic E-state index is -0.121. The highest BCUT2D eigenvalue weighted by Gasteiger charge is 2.17. The maximum Gasteiger partial charge on any atom is 0.289 e. The standard InChI is InChI=1S/C10H16N2O2/c1-7-4-5-14-9(7)10(13)12(3)6-8(2)11/h4-5,8H,6,11H2,1-3H3. The molecule has 4 nitrogen and oxygen atoms in total. The number of nitrogens with zero attached hydrogens (tertiary/aromatic N) is 1. The Hall–Kier alpha value is -1.29. The largest absolute Gasteiger partial charge is 0.459 e. The molecule has 1 amide bonds. The molecule has 0 radical (unpaired) electrons. The van der Waals surface area contributed by atoms with Crippen LogP contribution in [0.25, 0.3) is 0 Å². The van der Waals surface area contributed by atoms with E-state index in [1.807, 2.05) is 13.8 Å². The number of aryl methyl sites for hydroxylation is 1. The van der Waals surface area contributed by atoms with E-state index in [2.05, 4.69) is 0 Å². The Morgan fingerprint density at radius 1 is 1.71 bits per heavy atom. The molecule has 4 heteroatoms. The fourth-order valence-corrected chi connectivity index (χ4v) is 1.28. The summed E-state index contributed by atoms with van der Waals surface area (Å²) in [5.74, 6) is 0.276. The van der Waals surface area contributed by atoms with E-state index in [-0.39, 0.29) is 11.9 Å². The van der Waals surface area contributed by atoms with Crippen LogP contribution in [-0.4, -0.2) is 30.4 Å². The average molecular weight is 196 g/mol. The zero-order valence-corrected chi connectivity index (χ0v) is 8.78. The first-order valence-electron chi connectivity index (χ1n) is 4.57. The highest BCUT2D eigenvalue weighted by Crippen LogP contribution is 2.11. The number of carbonyl (C=O) groups excluding carboxylic acids is 1. The number of hydrogen-bond acceptors (Lipinski definition) is 3. The molecule has 1 rings (SSSR count). The molecule has 0 saturated carbocycles. The van der Waals surface area contributed by atoms with Crippen molar-refractivity contribution in [3.63, 3.8) is 0 Å². The van der Waals surface area contributed by atoms with E-state index in [4.69, 9.17) is 10.2 Å². The quantitative estimate of drug-likeness (QED) is 0.784. The van der Waals surface area contributed by atoms with Gasteiger partial charge < -0.3 is 15.1 Å². The van der Waals surface area contributed by atoms with Crippen LogP contribution in [0.2, 0.25) is 0 Å². The summed E-state index contributed by atoms with van der Waals surface area (Å²) >= 11 is 0. The van der Waals surface area contributed by atoms with Gasteiger partial charge in [-0.15, -0.1) is 0 Å². The lowest BCUT2D eigenvalue weighted by atomic mass is 10.2. The number of hydrogen-bond donors (Lipinski definition) is 1. The number of furan rings is 1. The van der Waals surface area contributed by atoms with Gasteiger partial charge in [0.05, 0.1) is 6.26 Å². The van der Waals surface area contributed by atoms with Crippen molar-refractivity contribution in [2.45, 2.75) is 19.9 Å². The SMILES string of the molecule is Cc1ccoc1C(=O)N(C)CC(C)N. The van der Waals surface area contributed by atoms with Crippen molar-refractivity contribution >= 4 is 5.91 Å². The van der Waals surface area contributed by atoms with Crippen molar-refractivity contribution in [2.75, 3.05) is 13.6 Å². The summed E-state index contributed by atoms with van der Waals surface area (Å²) in [5, 5.41) is 0. The summed E-state index contributed by atoms with van der Waals surface area (Å²) in [6.45, 7) is 4.23. The third-order valence-corrected chi connectivity index (χ3v) is 1.96. The molecular weight excluding hydrogens is 180 g/mol. The van der Waals surface area contributed by atoms with Crippen LogP contribution in [-0.2, 0) is 0 Å². The predicted octanol–water partition coefficient (Wildman–Crippen LogP) is 1.01. The molecule has 1 heterocycles. The maximum atomic E-state index is 11.7. The fourth-order valence-electron chi connectivity index (χ4n) is 1.28. The van der Waals surface area contributed by atoms with E-state index in [9.17, 15) is 4.79 Å². The van der Waals surface area contributed by atoms with Gasteiger partial charge in [0.2, 0.25) is 0 Å². The maximum absolute atomic E-state index is 11.7. The second-order valence-electron chi connectivity index (χ2n) is 3.60. The Bertz CT molecular complexity index is 318. The van der Waals surface area contributed by atoms with Crippen LogP contribution in [0.1, 0.15) is 23.0 Å². The second-order valence-corrected chi connectivity index (χ2v) is 3.60. The molecule has 0 saturated heterocycles. The smallest absolute Gasteiger partial charge is 0.289 e. The predicted molar refractivity (Wildman–Crippen MR) is 54.1 cm³/mol. The average Bonchev–Trinajstić information content (AvgIpc) is 2.48. The molecule has 0 aliphatic heterocycles. The number of rotatable bonds is 3. The Kier molecular flexibility index (Phi) is 3.30. The zero-order chi connectivity index (χ0) is 10.7. The van der Waals surface area contributed by atoms with E-state index in [0.717, 1.165) is 5.56 Å². The highest BCUT2D eigenvalue weighted by molar-refractivity contribution is 5.92. The van der Waals surface area contributed by atoms with Crippen LogP contribution >= 0.6 is 0 Å². The summed E-state index contributed by atoms with van der Waals surface area (Å²) in [6, 6.07) is 1.74. The van der Waals surface area contributed by atoms with E-state index in [1.54, 1.807) is 18.0 Å². The lowest BCUT2D eigenvalue weighted by molar-refractivity contribution is 0.0756. The van der Waals surface area contributed by atoms with Crippen LogP contribution < -0.4 is 5.73 Å². The molecule has 1 aromatic heterocycles. The lowest BCUT2D eigenvalue weighted by Crippen LogP contribution is -2.37. The zero-order valence-electron chi connectivity index (χ0n) is 8.78. The first-order valence-corrected chi connectivity index (χ1v) is 4.57. The molecule has 1 aromatic rings. The first-order chi connectivity index (χ1) is 6.52. The van der Waals surface area contributed by atoms with Gasteiger partial charge in [-0.1, -0.05) is 0 Å². The van der Waals surface area contributed by atoms with Gasteiger partial charge in [-0.2, -0.15) is 0 Å². The fraction of sp³-hybridized carbons (Fsp3) is 0.500. The molecule has 2 N–H and O–H groups in total. The van der Waals surface area contributed by atoms with Gasteiger partial charge in [0.1, 0.15) is 0 Å². The molecule has 0 bridgehead atoms. The Labute approximate surface area is 83.7 Å². The third-order valence-electron chi connectivity index (χ3n) is 1.96. The molecule has 14 heavy (non-hydrogen) atoms. The van der Waals surface area contributed by atoms with Gasteiger partial charge in [0.25, 0.3) is 5.91 Å². The van der Waals surface area contributed by atoms with Gasteiger partial charge in [0.15, 0.2) is 5.76 Å².